The van der Waals surface area contributed by atoms with Gasteiger partial charge in [0.05, 0.1) is 0 Å². The molecule has 6 nitrogen and oxygen atoms in total. The van der Waals surface area contributed by atoms with Crippen LogP contribution in [0, 0.1) is 0 Å². The first-order chi connectivity index (χ1) is 6.99. The molecule has 0 saturated carbocycles. The number of thiol groups is 1. The van der Waals surface area contributed by atoms with E-state index in [1.807, 2.05) is 0 Å². The van der Waals surface area contributed by atoms with Crippen molar-refractivity contribution in [3.05, 3.63) is 0 Å². The largest absolute Gasteiger partial charge is 0.480 e. The Morgan fingerprint density at radius 3 is 2.40 bits per heavy atom. The second-order valence-electron chi connectivity index (χ2n) is 2.77. The molecule has 2 unspecified atom stereocenters. The van der Waals surface area contributed by atoms with Crippen molar-refractivity contribution in [3.8, 4) is 0 Å². The number of hydrogen-bond donors (Lipinski definition) is 5. The zero-order chi connectivity index (χ0) is 11.8. The summed E-state index contributed by atoms with van der Waals surface area (Å²) in [5.41, 5.74) is 5.25. The van der Waals surface area contributed by atoms with E-state index in [9.17, 15) is 9.59 Å². The van der Waals surface area contributed by atoms with Gasteiger partial charge in [-0.1, -0.05) is 11.9 Å². The van der Waals surface area contributed by atoms with Gasteiger partial charge in [0.15, 0.2) is 0 Å². The van der Waals surface area contributed by atoms with Crippen LogP contribution in [0.4, 0.5) is 0 Å². The molecular weight excluding hydrogens is 240 g/mol. The van der Waals surface area contributed by atoms with E-state index in [0.717, 1.165) is 11.9 Å². The second kappa shape index (κ2) is 7.80. The molecule has 8 heteroatoms. The molecule has 0 aromatic rings. The molecular formula is C7H14N2O4S2. The summed E-state index contributed by atoms with van der Waals surface area (Å²) in [7, 11) is 0. The second-order valence-corrected chi connectivity index (χ2v) is 4.07. The van der Waals surface area contributed by atoms with Gasteiger partial charge in [0.25, 0.3) is 0 Å². The van der Waals surface area contributed by atoms with Crippen molar-refractivity contribution in [1.29, 1.82) is 0 Å². The highest BCUT2D eigenvalue weighted by atomic mass is 32.2. The lowest BCUT2D eigenvalue weighted by molar-refractivity contribution is -0.139. The standard InChI is InChI=1S/C7H14N2O4S2/c8-4(6(10)11)1-2-15-9-5(3-14)7(12)13/h4-5,9,14H,1-3,8H2,(H,10,11)(H,12,13). The van der Waals surface area contributed by atoms with Gasteiger partial charge in [-0.15, -0.1) is 0 Å². The summed E-state index contributed by atoms with van der Waals surface area (Å²) in [5, 5.41) is 17.1. The third kappa shape index (κ3) is 6.61. The summed E-state index contributed by atoms with van der Waals surface area (Å²) < 4.78 is 2.66. The minimum atomic E-state index is -1.06. The first-order valence-electron chi connectivity index (χ1n) is 4.18. The van der Waals surface area contributed by atoms with Crippen molar-refractivity contribution < 1.29 is 19.8 Å². The van der Waals surface area contributed by atoms with Crippen molar-refractivity contribution in [2.45, 2.75) is 18.5 Å². The van der Waals surface area contributed by atoms with Gasteiger partial charge in [-0.05, 0) is 6.42 Å². The quantitative estimate of drug-likeness (QED) is 0.223. The van der Waals surface area contributed by atoms with E-state index in [1.165, 1.54) is 0 Å². The first kappa shape index (κ1) is 14.6. The normalized spacial score (nSPS) is 14.5. The molecule has 0 rings (SSSR count). The number of nitrogens with one attached hydrogen (secondary N) is 1. The van der Waals surface area contributed by atoms with E-state index in [0.29, 0.717) is 5.75 Å². The topological polar surface area (TPSA) is 113 Å². The summed E-state index contributed by atoms with van der Waals surface area (Å²) in [4.78, 5) is 20.9. The average Bonchev–Trinajstić information content (AvgIpc) is 2.16. The maximum Gasteiger partial charge on any atom is 0.322 e. The summed E-state index contributed by atoms with van der Waals surface area (Å²) in [6.45, 7) is 0. The van der Waals surface area contributed by atoms with Gasteiger partial charge in [0.1, 0.15) is 12.1 Å². The number of aliphatic carboxylic acids is 2. The molecule has 15 heavy (non-hydrogen) atoms. The molecule has 0 heterocycles. The van der Waals surface area contributed by atoms with Gasteiger partial charge in [0.2, 0.25) is 0 Å². The van der Waals surface area contributed by atoms with Gasteiger partial charge in [-0.25, -0.2) is 4.72 Å². The van der Waals surface area contributed by atoms with E-state index in [4.69, 9.17) is 15.9 Å². The number of carboxylic acid groups (broad SMARTS) is 2. The molecule has 0 aliphatic carbocycles. The van der Waals surface area contributed by atoms with Gasteiger partial charge < -0.3 is 15.9 Å². The number of hydrogen-bond acceptors (Lipinski definition) is 6. The summed E-state index contributed by atoms with van der Waals surface area (Å²) in [6.07, 6.45) is 0.284. The van der Waals surface area contributed by atoms with Crippen LogP contribution in [0.2, 0.25) is 0 Å². The van der Waals surface area contributed by atoms with Gasteiger partial charge >= 0.3 is 11.9 Å². The molecule has 0 bridgehead atoms. The predicted molar refractivity (Wildman–Crippen MR) is 61.1 cm³/mol. The highest BCUT2D eigenvalue weighted by Gasteiger charge is 2.15. The van der Waals surface area contributed by atoms with E-state index in [-0.39, 0.29) is 12.2 Å². The Hall–Kier alpha value is -0.440. The van der Waals surface area contributed by atoms with Crippen LogP contribution in [0.5, 0.6) is 0 Å². The predicted octanol–water partition coefficient (Wildman–Crippen LogP) is -0.591. The van der Waals surface area contributed by atoms with Crippen LogP contribution >= 0.6 is 24.6 Å². The third-order valence-electron chi connectivity index (χ3n) is 1.55. The van der Waals surface area contributed by atoms with E-state index in [2.05, 4.69) is 17.4 Å². The summed E-state index contributed by atoms with van der Waals surface area (Å²) in [5.74, 6) is -1.43. The molecule has 0 saturated heterocycles. The molecule has 0 aromatic heterocycles. The number of nitrogens with two attached hydrogens (primary N) is 1. The Bertz CT molecular complexity index is 227. The smallest absolute Gasteiger partial charge is 0.322 e. The van der Waals surface area contributed by atoms with Crippen LogP contribution in [0.15, 0.2) is 0 Å². The van der Waals surface area contributed by atoms with Crippen LogP contribution in [-0.2, 0) is 9.59 Å². The van der Waals surface area contributed by atoms with Gasteiger partial charge in [-0.2, -0.15) is 12.6 Å². The highest BCUT2D eigenvalue weighted by Crippen LogP contribution is 2.03. The molecule has 88 valence electrons. The Balaban J connectivity index is 3.61. The van der Waals surface area contributed by atoms with Gasteiger partial charge in [-0.3, -0.25) is 9.59 Å². The number of carboxylic acids is 2. The fourth-order valence-corrected chi connectivity index (χ4v) is 1.88. The average molecular weight is 254 g/mol. The van der Waals surface area contributed by atoms with Crippen molar-refractivity contribution in [1.82, 2.24) is 4.72 Å². The number of carbonyl (C=O) groups is 2. The van der Waals surface area contributed by atoms with Crippen molar-refractivity contribution in [3.63, 3.8) is 0 Å². The van der Waals surface area contributed by atoms with Crippen molar-refractivity contribution >= 4 is 36.5 Å². The summed E-state index contributed by atoms with van der Waals surface area (Å²) >= 11 is 4.99. The lowest BCUT2D eigenvalue weighted by Gasteiger charge is -2.11. The lowest BCUT2D eigenvalue weighted by atomic mass is 10.2. The molecule has 0 radical (unpaired) electrons. The fourth-order valence-electron chi connectivity index (χ4n) is 0.635. The maximum atomic E-state index is 10.5. The molecule has 2 atom stereocenters. The Labute approximate surface area is 97.1 Å². The zero-order valence-electron chi connectivity index (χ0n) is 7.92. The molecule has 0 amide bonds. The number of rotatable bonds is 8. The summed E-state index contributed by atoms with van der Waals surface area (Å²) in [6, 6.07) is -1.64. The van der Waals surface area contributed by atoms with Crippen LogP contribution < -0.4 is 10.5 Å². The minimum Gasteiger partial charge on any atom is -0.480 e. The Morgan fingerprint density at radius 1 is 1.40 bits per heavy atom. The van der Waals surface area contributed by atoms with Crippen molar-refractivity contribution in [2.75, 3.05) is 11.5 Å². The van der Waals surface area contributed by atoms with Crippen LogP contribution in [0.25, 0.3) is 0 Å². The fraction of sp³-hybridized carbons (Fsp3) is 0.714. The molecule has 0 aliphatic rings. The van der Waals surface area contributed by atoms with Gasteiger partial charge in [0, 0.05) is 11.5 Å². The van der Waals surface area contributed by atoms with Crippen molar-refractivity contribution in [2.24, 2.45) is 5.73 Å². The Kier molecular flexibility index (Phi) is 7.57. The van der Waals surface area contributed by atoms with E-state index in [1.54, 1.807) is 0 Å². The highest BCUT2D eigenvalue weighted by molar-refractivity contribution is 7.97. The van der Waals surface area contributed by atoms with Crippen LogP contribution in [0.1, 0.15) is 6.42 Å². The third-order valence-corrected chi connectivity index (χ3v) is 2.81. The maximum absolute atomic E-state index is 10.5. The molecule has 0 aliphatic heterocycles. The first-order valence-corrected chi connectivity index (χ1v) is 5.80. The van der Waals surface area contributed by atoms with E-state index < -0.39 is 24.0 Å². The van der Waals surface area contributed by atoms with Crippen LogP contribution in [0.3, 0.4) is 0 Å². The molecule has 0 fully saturated rings. The molecule has 5 N–H and O–H groups in total. The minimum absolute atomic E-state index is 0.174. The van der Waals surface area contributed by atoms with Crippen LogP contribution in [-0.4, -0.2) is 45.7 Å². The lowest BCUT2D eigenvalue weighted by Crippen LogP contribution is -2.35. The monoisotopic (exact) mass is 254 g/mol. The SMILES string of the molecule is NC(CCSNC(CS)C(=O)O)C(=O)O. The Morgan fingerprint density at radius 2 is 2.00 bits per heavy atom. The van der Waals surface area contributed by atoms with E-state index >= 15 is 0 Å². The molecule has 0 spiro atoms. The molecule has 0 aromatic carbocycles. The zero-order valence-corrected chi connectivity index (χ0v) is 9.63.